The van der Waals surface area contributed by atoms with E-state index in [1.165, 1.54) is 6.07 Å². The van der Waals surface area contributed by atoms with Crippen LogP contribution in [0.25, 0.3) is 0 Å². The minimum Gasteiger partial charge on any atom is -0.454 e. The molecule has 0 aromatic heterocycles. The number of hydrogen-bond donors (Lipinski definition) is 1. The highest BCUT2D eigenvalue weighted by molar-refractivity contribution is 5.56. The van der Waals surface area contributed by atoms with Crippen molar-refractivity contribution in [2.24, 2.45) is 0 Å². The molecule has 2 heterocycles. The number of benzene rings is 1. The van der Waals surface area contributed by atoms with Gasteiger partial charge in [0.2, 0.25) is 6.79 Å². The van der Waals surface area contributed by atoms with Gasteiger partial charge in [0.15, 0.2) is 11.5 Å². The van der Waals surface area contributed by atoms with Crippen LogP contribution < -0.4 is 14.8 Å². The maximum Gasteiger partial charge on any atom is 0.278 e. The number of nitro groups is 1. The summed E-state index contributed by atoms with van der Waals surface area (Å²) < 4.78 is 10.7. The van der Waals surface area contributed by atoms with Gasteiger partial charge in [-0.15, -0.1) is 6.58 Å². The molecule has 1 fully saturated rings. The molecule has 0 radical (unpaired) electrons. The number of piperazine rings is 1. The molecule has 1 saturated heterocycles. The van der Waals surface area contributed by atoms with Crippen molar-refractivity contribution >= 4 is 5.69 Å². The summed E-state index contributed by atoms with van der Waals surface area (Å²) in [4.78, 5) is 13.5. The molecular weight excluding hydrogens is 298 g/mol. The van der Waals surface area contributed by atoms with E-state index in [1.54, 1.807) is 6.07 Å². The molecule has 1 N–H and O–H groups in total. The topological polar surface area (TPSA) is 76.9 Å². The van der Waals surface area contributed by atoms with Crippen LogP contribution in [-0.4, -0.2) is 42.8 Å². The molecule has 1 aromatic carbocycles. The lowest BCUT2D eigenvalue weighted by Gasteiger charge is -2.35. The molecule has 3 rings (SSSR count). The fourth-order valence-electron chi connectivity index (χ4n) is 3.13. The van der Waals surface area contributed by atoms with Crippen LogP contribution in [0, 0.1) is 10.1 Å². The molecule has 7 heteroatoms. The predicted molar refractivity (Wildman–Crippen MR) is 85.8 cm³/mol. The first kappa shape index (κ1) is 15.8. The number of fused-ring (bicyclic) bond motifs is 1. The average molecular weight is 319 g/mol. The van der Waals surface area contributed by atoms with Gasteiger partial charge in [-0.1, -0.05) is 5.57 Å². The monoisotopic (exact) mass is 319 g/mol. The SMILES string of the molecule is C=C(C)C[C@@H](c1cc2c(cc1[N+](=O)[O-])OCO2)N1CCNCC1. The number of ether oxygens (including phenoxy) is 2. The summed E-state index contributed by atoms with van der Waals surface area (Å²) in [6, 6.07) is 3.16. The first-order valence-electron chi connectivity index (χ1n) is 7.73. The first-order valence-corrected chi connectivity index (χ1v) is 7.73. The van der Waals surface area contributed by atoms with Gasteiger partial charge < -0.3 is 14.8 Å². The van der Waals surface area contributed by atoms with Crippen molar-refractivity contribution in [3.63, 3.8) is 0 Å². The standard InChI is InChI=1S/C16H21N3O4/c1-11(2)7-13(18-5-3-17-4-6-18)12-8-15-16(23-10-22-15)9-14(12)19(20)21/h8-9,13,17H,1,3-7,10H2,2H3/t13-/m0/s1. The summed E-state index contributed by atoms with van der Waals surface area (Å²) in [6.07, 6.45) is 0.681. The third-order valence-corrected chi connectivity index (χ3v) is 4.21. The van der Waals surface area contributed by atoms with Gasteiger partial charge in [-0.2, -0.15) is 0 Å². The van der Waals surface area contributed by atoms with E-state index in [0.717, 1.165) is 31.8 Å². The fraction of sp³-hybridized carbons (Fsp3) is 0.500. The predicted octanol–water partition coefficient (Wildman–Crippen LogP) is 2.24. The zero-order chi connectivity index (χ0) is 16.4. The van der Waals surface area contributed by atoms with Crippen LogP contribution in [0.2, 0.25) is 0 Å². The lowest BCUT2D eigenvalue weighted by Crippen LogP contribution is -2.45. The summed E-state index contributed by atoms with van der Waals surface area (Å²) >= 11 is 0. The van der Waals surface area contributed by atoms with Crippen molar-refractivity contribution in [2.75, 3.05) is 33.0 Å². The summed E-state index contributed by atoms with van der Waals surface area (Å²) in [5, 5.41) is 14.9. The van der Waals surface area contributed by atoms with Crippen molar-refractivity contribution in [1.82, 2.24) is 10.2 Å². The Labute approximate surface area is 135 Å². The van der Waals surface area contributed by atoms with E-state index in [0.29, 0.717) is 23.5 Å². The van der Waals surface area contributed by atoms with Gasteiger partial charge in [0, 0.05) is 32.2 Å². The Morgan fingerprint density at radius 2 is 2.04 bits per heavy atom. The molecular formula is C16H21N3O4. The van der Waals surface area contributed by atoms with Crippen LogP contribution in [0.5, 0.6) is 11.5 Å². The normalized spacial score (nSPS) is 18.7. The average Bonchev–Trinajstić information content (AvgIpc) is 2.99. The van der Waals surface area contributed by atoms with Gasteiger partial charge in [0.25, 0.3) is 5.69 Å². The van der Waals surface area contributed by atoms with E-state index in [9.17, 15) is 10.1 Å². The third-order valence-electron chi connectivity index (χ3n) is 4.21. The Morgan fingerprint density at radius 3 is 2.65 bits per heavy atom. The number of nitrogens with one attached hydrogen (secondary N) is 1. The first-order chi connectivity index (χ1) is 11.1. The van der Waals surface area contributed by atoms with E-state index in [2.05, 4.69) is 16.8 Å². The molecule has 7 nitrogen and oxygen atoms in total. The second-order valence-corrected chi connectivity index (χ2v) is 5.98. The summed E-state index contributed by atoms with van der Waals surface area (Å²) in [5.74, 6) is 1.02. The van der Waals surface area contributed by atoms with E-state index in [-0.39, 0.29) is 23.4 Å². The van der Waals surface area contributed by atoms with E-state index in [1.807, 2.05) is 6.92 Å². The summed E-state index contributed by atoms with van der Waals surface area (Å²) in [7, 11) is 0. The van der Waals surface area contributed by atoms with Crippen molar-refractivity contribution in [2.45, 2.75) is 19.4 Å². The smallest absolute Gasteiger partial charge is 0.278 e. The zero-order valence-electron chi connectivity index (χ0n) is 13.2. The third kappa shape index (κ3) is 3.30. The Balaban J connectivity index is 2.03. The number of rotatable bonds is 5. The molecule has 0 bridgehead atoms. The summed E-state index contributed by atoms with van der Waals surface area (Å²) in [6.45, 7) is 9.51. The fourth-order valence-corrected chi connectivity index (χ4v) is 3.13. The molecule has 0 amide bonds. The van der Waals surface area contributed by atoms with Crippen LogP contribution in [0.3, 0.4) is 0 Å². The van der Waals surface area contributed by atoms with Crippen LogP contribution in [0.1, 0.15) is 24.9 Å². The molecule has 1 atom stereocenters. The molecule has 2 aliphatic heterocycles. The molecule has 1 aromatic rings. The van der Waals surface area contributed by atoms with E-state index < -0.39 is 0 Å². The van der Waals surface area contributed by atoms with Crippen LogP contribution in [-0.2, 0) is 0 Å². The Morgan fingerprint density at radius 1 is 1.39 bits per heavy atom. The van der Waals surface area contributed by atoms with Crippen molar-refractivity contribution in [3.05, 3.63) is 40.0 Å². The maximum atomic E-state index is 11.6. The van der Waals surface area contributed by atoms with Gasteiger partial charge >= 0.3 is 0 Å². The molecule has 0 unspecified atom stereocenters. The lowest BCUT2D eigenvalue weighted by molar-refractivity contribution is -0.386. The van der Waals surface area contributed by atoms with Gasteiger partial charge in [-0.05, 0) is 19.4 Å². The van der Waals surface area contributed by atoms with Gasteiger partial charge in [0.1, 0.15) is 0 Å². The van der Waals surface area contributed by atoms with Crippen LogP contribution in [0.15, 0.2) is 24.3 Å². The maximum absolute atomic E-state index is 11.6. The van der Waals surface area contributed by atoms with Crippen LogP contribution >= 0.6 is 0 Å². The van der Waals surface area contributed by atoms with Crippen molar-refractivity contribution < 1.29 is 14.4 Å². The molecule has 0 aliphatic carbocycles. The number of hydrogen-bond acceptors (Lipinski definition) is 6. The highest BCUT2D eigenvalue weighted by Gasteiger charge is 2.31. The Bertz CT molecular complexity index is 626. The molecule has 124 valence electrons. The molecule has 2 aliphatic rings. The lowest BCUT2D eigenvalue weighted by atomic mass is 9.96. The highest BCUT2D eigenvalue weighted by Crippen LogP contribution is 2.43. The quantitative estimate of drug-likeness (QED) is 0.509. The second-order valence-electron chi connectivity index (χ2n) is 5.98. The van der Waals surface area contributed by atoms with Crippen molar-refractivity contribution in [1.29, 1.82) is 0 Å². The second kappa shape index (κ2) is 6.55. The van der Waals surface area contributed by atoms with Crippen LogP contribution in [0.4, 0.5) is 5.69 Å². The largest absolute Gasteiger partial charge is 0.454 e. The van der Waals surface area contributed by atoms with Gasteiger partial charge in [-0.3, -0.25) is 15.0 Å². The van der Waals surface area contributed by atoms with Crippen molar-refractivity contribution in [3.8, 4) is 11.5 Å². The Kier molecular flexibility index (Phi) is 4.49. The zero-order valence-corrected chi connectivity index (χ0v) is 13.2. The number of nitrogens with zero attached hydrogens (tertiary/aromatic N) is 2. The van der Waals surface area contributed by atoms with E-state index >= 15 is 0 Å². The number of nitro benzene ring substituents is 1. The minimum absolute atomic E-state index is 0.0792. The molecule has 0 spiro atoms. The van der Waals surface area contributed by atoms with Gasteiger partial charge in [0.05, 0.1) is 16.6 Å². The molecule has 23 heavy (non-hydrogen) atoms. The van der Waals surface area contributed by atoms with E-state index in [4.69, 9.17) is 9.47 Å². The van der Waals surface area contributed by atoms with Gasteiger partial charge in [-0.25, -0.2) is 0 Å². The highest BCUT2D eigenvalue weighted by atomic mass is 16.7. The minimum atomic E-state index is -0.342. The Hall–Kier alpha value is -2.12. The summed E-state index contributed by atoms with van der Waals surface area (Å²) in [5.41, 5.74) is 1.75. The molecule has 0 saturated carbocycles.